The third kappa shape index (κ3) is 8.01. The molecule has 0 spiro atoms. The number of hydrogen-bond acceptors (Lipinski definition) is 11. The zero-order valence-corrected chi connectivity index (χ0v) is 24.8. The van der Waals surface area contributed by atoms with Gasteiger partial charge in [-0.05, 0) is 46.8 Å². The minimum atomic E-state index is -0.645. The first-order valence-corrected chi connectivity index (χ1v) is 13.1. The number of rotatable bonds is 11. The highest BCUT2D eigenvalue weighted by Crippen LogP contribution is 2.40. The number of methoxy groups -OCH3 is 2. The number of nitrogens with zero attached hydrogens (tertiary/aromatic N) is 4. The monoisotopic (exact) mass is 587 g/mol. The Hall–Kier alpha value is -4.52. The molecule has 0 fully saturated rings. The van der Waals surface area contributed by atoms with E-state index in [1.807, 2.05) is 18.7 Å². The van der Waals surface area contributed by atoms with Crippen LogP contribution in [0.15, 0.2) is 36.5 Å². The van der Waals surface area contributed by atoms with E-state index in [9.17, 15) is 14.9 Å². The van der Waals surface area contributed by atoms with Gasteiger partial charge in [-0.25, -0.2) is 9.78 Å². The summed E-state index contributed by atoms with van der Waals surface area (Å²) in [6.45, 7) is 10.3. The van der Waals surface area contributed by atoms with Crippen molar-refractivity contribution in [1.29, 1.82) is 0 Å². The lowest BCUT2D eigenvalue weighted by Crippen LogP contribution is -2.27. The molecule has 0 radical (unpaired) electrons. The maximum absolute atomic E-state index is 12.1. The Morgan fingerprint density at radius 2 is 1.71 bits per heavy atom. The van der Waals surface area contributed by atoms with Gasteiger partial charge in [0.15, 0.2) is 5.82 Å². The second-order valence-corrected chi connectivity index (χ2v) is 10.1. The van der Waals surface area contributed by atoms with Crippen molar-refractivity contribution < 1.29 is 23.9 Å². The van der Waals surface area contributed by atoms with Gasteiger partial charge in [-0.15, -0.1) is 0 Å². The van der Waals surface area contributed by atoms with Gasteiger partial charge in [0.2, 0.25) is 5.95 Å². The first kappa shape index (κ1) is 31.0. The molecular weight excluding hydrogens is 554 g/mol. The average molecular weight is 588 g/mol. The molecule has 0 bridgehead atoms. The van der Waals surface area contributed by atoms with Crippen molar-refractivity contribution >= 4 is 57.9 Å². The number of halogens is 1. The number of amides is 1. The molecule has 220 valence electrons. The standard InChI is InChI=1S/C27H34ClN7O6/c1-8-34(9-2)20-14-23(40-7)19(13-21(20)35(37)38)32-25-29-15-17(28)24(33-25)31-18-11-10-16(12-22(18)39-6)30-26(36)41-27(3,4)5/h10-15H,8-9H2,1-7H3,(H,30,36)(H2,29,31,32,33). The van der Waals surface area contributed by atoms with Crippen LogP contribution in [0.5, 0.6) is 11.5 Å². The van der Waals surface area contributed by atoms with Gasteiger partial charge in [0.05, 0.1) is 36.7 Å². The van der Waals surface area contributed by atoms with Crippen LogP contribution in [0.4, 0.5) is 45.0 Å². The lowest BCUT2D eigenvalue weighted by Gasteiger charge is -2.22. The van der Waals surface area contributed by atoms with Crippen molar-refractivity contribution in [2.75, 3.05) is 48.2 Å². The normalized spacial score (nSPS) is 10.9. The molecule has 0 saturated heterocycles. The van der Waals surface area contributed by atoms with Crippen LogP contribution in [-0.4, -0.2) is 53.9 Å². The first-order valence-electron chi connectivity index (χ1n) is 12.7. The van der Waals surface area contributed by atoms with Crippen LogP contribution in [-0.2, 0) is 4.74 Å². The third-order valence-electron chi connectivity index (χ3n) is 5.69. The molecule has 1 heterocycles. The number of carbonyl (C=O) groups excluding carboxylic acids is 1. The summed E-state index contributed by atoms with van der Waals surface area (Å²) in [6, 6.07) is 7.94. The number of hydrogen-bond donors (Lipinski definition) is 3. The van der Waals surface area contributed by atoms with Gasteiger partial charge in [0, 0.05) is 37.0 Å². The van der Waals surface area contributed by atoms with E-state index in [4.69, 9.17) is 25.8 Å². The molecule has 3 aromatic rings. The van der Waals surface area contributed by atoms with Gasteiger partial charge >= 0.3 is 6.09 Å². The molecule has 3 N–H and O–H groups in total. The van der Waals surface area contributed by atoms with Crippen molar-refractivity contribution in [3.05, 3.63) is 51.7 Å². The van der Waals surface area contributed by atoms with Gasteiger partial charge in [-0.3, -0.25) is 15.4 Å². The van der Waals surface area contributed by atoms with Gasteiger partial charge in [0.1, 0.15) is 27.8 Å². The number of benzene rings is 2. The average Bonchev–Trinajstić information content (AvgIpc) is 2.91. The van der Waals surface area contributed by atoms with Gasteiger partial charge in [-0.2, -0.15) is 4.98 Å². The summed E-state index contributed by atoms with van der Waals surface area (Å²) in [5, 5.41) is 20.8. The number of ether oxygens (including phenoxy) is 3. The van der Waals surface area contributed by atoms with E-state index in [2.05, 4.69) is 25.9 Å². The molecule has 3 rings (SSSR count). The van der Waals surface area contributed by atoms with Crippen molar-refractivity contribution in [2.45, 2.75) is 40.2 Å². The summed E-state index contributed by atoms with van der Waals surface area (Å²) in [7, 11) is 2.95. The maximum atomic E-state index is 12.1. The van der Waals surface area contributed by atoms with Gasteiger partial charge < -0.3 is 29.7 Å². The molecule has 14 heteroatoms. The van der Waals surface area contributed by atoms with Crippen LogP contribution >= 0.6 is 11.6 Å². The smallest absolute Gasteiger partial charge is 0.412 e. The number of anilines is 6. The van der Waals surface area contributed by atoms with E-state index in [1.165, 1.54) is 26.5 Å². The second-order valence-electron chi connectivity index (χ2n) is 9.65. The topological polar surface area (TPSA) is 153 Å². The highest BCUT2D eigenvalue weighted by atomic mass is 35.5. The maximum Gasteiger partial charge on any atom is 0.412 e. The highest BCUT2D eigenvalue weighted by Gasteiger charge is 2.23. The summed E-state index contributed by atoms with van der Waals surface area (Å²) in [6.07, 6.45) is 0.783. The number of carbonyl (C=O) groups is 1. The predicted octanol–water partition coefficient (Wildman–Crippen LogP) is 6.74. The predicted molar refractivity (Wildman–Crippen MR) is 160 cm³/mol. The van der Waals surface area contributed by atoms with Crippen molar-refractivity contribution in [1.82, 2.24) is 9.97 Å². The summed E-state index contributed by atoms with van der Waals surface area (Å²) in [5.74, 6) is 1.12. The third-order valence-corrected chi connectivity index (χ3v) is 5.96. The van der Waals surface area contributed by atoms with Crippen LogP contribution in [0.2, 0.25) is 5.02 Å². The Morgan fingerprint density at radius 1 is 1.05 bits per heavy atom. The Balaban J connectivity index is 1.89. The fraction of sp³-hybridized carbons (Fsp3) is 0.370. The van der Waals surface area contributed by atoms with E-state index in [0.717, 1.165) is 0 Å². The van der Waals surface area contributed by atoms with Crippen molar-refractivity contribution in [2.24, 2.45) is 0 Å². The largest absolute Gasteiger partial charge is 0.494 e. The lowest BCUT2D eigenvalue weighted by atomic mass is 10.2. The molecule has 1 aromatic heterocycles. The summed E-state index contributed by atoms with van der Waals surface area (Å²) in [4.78, 5) is 34.1. The van der Waals surface area contributed by atoms with Crippen LogP contribution in [0.1, 0.15) is 34.6 Å². The zero-order valence-electron chi connectivity index (χ0n) is 24.0. The number of nitro benzene ring substituents is 1. The molecule has 0 aliphatic rings. The highest BCUT2D eigenvalue weighted by molar-refractivity contribution is 6.33. The Morgan fingerprint density at radius 3 is 2.29 bits per heavy atom. The minimum absolute atomic E-state index is 0.0888. The van der Waals surface area contributed by atoms with Crippen LogP contribution in [0.3, 0.4) is 0 Å². The first-order chi connectivity index (χ1) is 19.4. The molecule has 2 aromatic carbocycles. The molecule has 13 nitrogen and oxygen atoms in total. The molecule has 0 aliphatic heterocycles. The molecule has 0 unspecified atom stereocenters. The van der Waals surface area contributed by atoms with E-state index in [0.29, 0.717) is 47.3 Å². The van der Waals surface area contributed by atoms with Crippen molar-refractivity contribution in [3.63, 3.8) is 0 Å². The zero-order chi connectivity index (χ0) is 30.3. The van der Waals surface area contributed by atoms with Crippen LogP contribution in [0.25, 0.3) is 0 Å². The number of aromatic nitrogens is 2. The van der Waals surface area contributed by atoms with Crippen LogP contribution < -0.4 is 30.3 Å². The van der Waals surface area contributed by atoms with E-state index < -0.39 is 16.6 Å². The quantitative estimate of drug-likeness (QED) is 0.161. The lowest BCUT2D eigenvalue weighted by molar-refractivity contribution is -0.384. The van der Waals surface area contributed by atoms with E-state index in [1.54, 1.807) is 45.0 Å². The fourth-order valence-electron chi connectivity index (χ4n) is 3.84. The number of nitro groups is 1. The molecule has 0 saturated carbocycles. The second kappa shape index (κ2) is 13.2. The molecule has 0 aliphatic carbocycles. The van der Waals surface area contributed by atoms with Gasteiger partial charge in [0.25, 0.3) is 5.69 Å². The molecule has 0 atom stereocenters. The summed E-state index contributed by atoms with van der Waals surface area (Å²) < 4.78 is 16.3. The minimum Gasteiger partial charge on any atom is -0.494 e. The van der Waals surface area contributed by atoms with Gasteiger partial charge in [-0.1, -0.05) is 11.6 Å². The van der Waals surface area contributed by atoms with Crippen molar-refractivity contribution in [3.8, 4) is 11.5 Å². The Kier molecular flexibility index (Phi) is 10.0. The SMILES string of the molecule is CCN(CC)c1cc(OC)c(Nc2ncc(Cl)c(Nc3ccc(NC(=O)OC(C)(C)C)cc3OC)n2)cc1[N+](=O)[O-]. The Bertz CT molecular complexity index is 1410. The summed E-state index contributed by atoms with van der Waals surface area (Å²) >= 11 is 6.37. The molecular formula is C27H34ClN7O6. The van der Waals surface area contributed by atoms with E-state index >= 15 is 0 Å². The number of nitrogens with one attached hydrogen (secondary N) is 3. The molecule has 41 heavy (non-hydrogen) atoms. The summed E-state index contributed by atoms with van der Waals surface area (Å²) in [5.41, 5.74) is 0.976. The molecule has 1 amide bonds. The Labute approximate surface area is 243 Å². The van der Waals surface area contributed by atoms with E-state index in [-0.39, 0.29) is 22.5 Å². The fourth-order valence-corrected chi connectivity index (χ4v) is 3.98. The van der Waals surface area contributed by atoms with Crippen LogP contribution in [0, 0.1) is 10.1 Å².